The number of anilines is 2. The van der Waals surface area contributed by atoms with Crippen LogP contribution in [0.15, 0.2) is 34.2 Å². The molecule has 31 heavy (non-hydrogen) atoms. The molecule has 0 amide bonds. The average Bonchev–Trinajstić information content (AvgIpc) is 2.72. The number of para-hydroxylation sites is 1. The fourth-order valence-electron chi connectivity index (χ4n) is 2.97. The zero-order valence-corrected chi connectivity index (χ0v) is 19.4. The lowest BCUT2D eigenvalue weighted by molar-refractivity contribution is 0.0743. The Hall–Kier alpha value is -2.72. The number of nitrogens with zero attached hydrogens (tertiary/aromatic N) is 6. The zero-order valence-electron chi connectivity index (χ0n) is 18.6. The molecule has 0 bridgehead atoms. The highest BCUT2D eigenvalue weighted by molar-refractivity contribution is 7.99. The molecule has 3 aromatic rings. The zero-order chi connectivity index (χ0) is 22.5. The Morgan fingerprint density at radius 3 is 2.58 bits per heavy atom. The molecule has 0 saturated heterocycles. The van der Waals surface area contributed by atoms with Gasteiger partial charge in [-0.2, -0.15) is 15.0 Å². The van der Waals surface area contributed by atoms with Crippen LogP contribution in [0.2, 0.25) is 0 Å². The van der Waals surface area contributed by atoms with Crippen molar-refractivity contribution < 1.29 is 4.74 Å². The van der Waals surface area contributed by atoms with Gasteiger partial charge in [-0.1, -0.05) is 23.9 Å². The average molecular weight is 444 g/mol. The minimum absolute atomic E-state index is 0.0611. The third-order valence-corrected chi connectivity index (χ3v) is 5.59. The van der Waals surface area contributed by atoms with Gasteiger partial charge < -0.3 is 15.4 Å². The molecule has 0 aliphatic rings. The Labute approximate surface area is 186 Å². The van der Waals surface area contributed by atoms with E-state index in [2.05, 4.69) is 15.0 Å². The van der Waals surface area contributed by atoms with Crippen molar-refractivity contribution in [1.82, 2.24) is 24.5 Å². The third kappa shape index (κ3) is 5.71. The predicted octanol–water partition coefficient (Wildman–Crippen LogP) is 2.90. The number of nitrogens with two attached hydrogens (primary N) is 1. The maximum Gasteiger partial charge on any atom is 0.262 e. The van der Waals surface area contributed by atoms with Crippen LogP contribution in [0.1, 0.15) is 38.3 Å². The molecule has 0 radical (unpaired) electrons. The summed E-state index contributed by atoms with van der Waals surface area (Å²) in [6, 6.07) is 7.38. The number of hydrogen-bond donors (Lipinski definition) is 1. The quantitative estimate of drug-likeness (QED) is 0.303. The topological polar surface area (TPSA) is 112 Å². The van der Waals surface area contributed by atoms with Crippen molar-refractivity contribution in [2.24, 2.45) is 0 Å². The minimum atomic E-state index is -0.185. The van der Waals surface area contributed by atoms with Crippen LogP contribution in [-0.2, 0) is 11.3 Å². The van der Waals surface area contributed by atoms with Crippen LogP contribution in [0, 0.1) is 0 Å². The van der Waals surface area contributed by atoms with Gasteiger partial charge in [-0.3, -0.25) is 9.36 Å². The van der Waals surface area contributed by atoms with Crippen molar-refractivity contribution >= 4 is 34.6 Å². The molecule has 3 rings (SSSR count). The lowest BCUT2D eigenvalue weighted by atomic mass is 10.2. The SMILES string of the molecule is CC(C)OCCCn1c(SC(C)c2nc(N)nc(N(C)C)n2)nc2ccccc2c1=O. The number of nitrogen functional groups attached to an aromatic ring is 1. The van der Waals surface area contributed by atoms with E-state index in [9.17, 15) is 4.79 Å². The summed E-state index contributed by atoms with van der Waals surface area (Å²) in [6.07, 6.45) is 0.865. The highest BCUT2D eigenvalue weighted by Crippen LogP contribution is 2.32. The van der Waals surface area contributed by atoms with Gasteiger partial charge in [0.15, 0.2) is 5.16 Å². The molecular weight excluding hydrogens is 414 g/mol. The molecule has 2 heterocycles. The Morgan fingerprint density at radius 2 is 1.87 bits per heavy atom. The van der Waals surface area contributed by atoms with E-state index in [4.69, 9.17) is 15.5 Å². The molecule has 10 heteroatoms. The van der Waals surface area contributed by atoms with Gasteiger partial charge in [0, 0.05) is 27.2 Å². The van der Waals surface area contributed by atoms with Crippen LogP contribution >= 0.6 is 11.8 Å². The number of aromatic nitrogens is 5. The van der Waals surface area contributed by atoms with Gasteiger partial charge in [-0.05, 0) is 39.3 Å². The Balaban J connectivity index is 1.94. The summed E-state index contributed by atoms with van der Waals surface area (Å²) >= 11 is 1.43. The molecule has 166 valence electrons. The van der Waals surface area contributed by atoms with Crippen LogP contribution in [0.3, 0.4) is 0 Å². The minimum Gasteiger partial charge on any atom is -0.379 e. The highest BCUT2D eigenvalue weighted by Gasteiger charge is 2.19. The molecular formula is C21H29N7O2S. The van der Waals surface area contributed by atoms with Crippen LogP contribution in [0.5, 0.6) is 0 Å². The molecule has 1 aromatic carbocycles. The number of benzene rings is 1. The van der Waals surface area contributed by atoms with E-state index < -0.39 is 0 Å². The van der Waals surface area contributed by atoms with Crippen molar-refractivity contribution in [1.29, 1.82) is 0 Å². The summed E-state index contributed by atoms with van der Waals surface area (Å²) in [5, 5.41) is 1.03. The Morgan fingerprint density at radius 1 is 1.13 bits per heavy atom. The highest BCUT2D eigenvalue weighted by atomic mass is 32.2. The van der Waals surface area contributed by atoms with Crippen LogP contribution in [0.25, 0.3) is 10.9 Å². The maximum absolute atomic E-state index is 13.2. The van der Waals surface area contributed by atoms with E-state index in [-0.39, 0.29) is 22.9 Å². The summed E-state index contributed by atoms with van der Waals surface area (Å²) < 4.78 is 7.35. The van der Waals surface area contributed by atoms with Gasteiger partial charge in [0.05, 0.1) is 22.3 Å². The van der Waals surface area contributed by atoms with Crippen molar-refractivity contribution in [2.75, 3.05) is 31.3 Å². The third-order valence-electron chi connectivity index (χ3n) is 4.51. The molecule has 2 aromatic heterocycles. The summed E-state index contributed by atoms with van der Waals surface area (Å²) in [5.41, 5.74) is 6.49. The predicted molar refractivity (Wildman–Crippen MR) is 125 cm³/mol. The number of fused-ring (bicyclic) bond motifs is 1. The van der Waals surface area contributed by atoms with Crippen molar-refractivity contribution in [3.63, 3.8) is 0 Å². The van der Waals surface area contributed by atoms with Gasteiger partial charge in [0.25, 0.3) is 5.56 Å². The first-order valence-corrected chi connectivity index (χ1v) is 11.1. The lowest BCUT2D eigenvalue weighted by Gasteiger charge is -2.17. The second-order valence-corrected chi connectivity index (χ2v) is 8.96. The second kappa shape index (κ2) is 10.1. The van der Waals surface area contributed by atoms with E-state index >= 15 is 0 Å². The van der Waals surface area contributed by atoms with Crippen LogP contribution in [0.4, 0.5) is 11.9 Å². The smallest absolute Gasteiger partial charge is 0.262 e. The fourth-order valence-corrected chi connectivity index (χ4v) is 3.95. The van der Waals surface area contributed by atoms with Crippen molar-refractivity contribution in [2.45, 2.75) is 50.2 Å². The van der Waals surface area contributed by atoms with Gasteiger partial charge in [-0.15, -0.1) is 0 Å². The van der Waals surface area contributed by atoms with E-state index in [0.29, 0.717) is 47.4 Å². The lowest BCUT2D eigenvalue weighted by Crippen LogP contribution is -2.24. The van der Waals surface area contributed by atoms with Gasteiger partial charge >= 0.3 is 0 Å². The standard InChI is InChI=1S/C21H29N7O2S/c1-13(2)30-12-8-11-28-18(29)15-9-6-7-10-16(15)23-21(28)31-14(3)17-24-19(22)26-20(25-17)27(4)5/h6-7,9-10,13-14H,8,11-12H2,1-5H3,(H2,22,24,25,26). The first-order chi connectivity index (χ1) is 14.8. The molecule has 1 atom stereocenters. The Bertz CT molecular complexity index is 1100. The van der Waals surface area contributed by atoms with Gasteiger partial charge in [0.2, 0.25) is 11.9 Å². The number of hydrogen-bond acceptors (Lipinski definition) is 9. The molecule has 0 spiro atoms. The van der Waals surface area contributed by atoms with E-state index in [0.717, 1.165) is 0 Å². The molecule has 0 aliphatic heterocycles. The monoisotopic (exact) mass is 443 g/mol. The first-order valence-electron chi connectivity index (χ1n) is 10.2. The van der Waals surface area contributed by atoms with Crippen LogP contribution in [-0.4, -0.2) is 51.3 Å². The summed E-state index contributed by atoms with van der Waals surface area (Å²) in [6.45, 7) is 7.05. The van der Waals surface area contributed by atoms with Gasteiger partial charge in [0.1, 0.15) is 5.82 Å². The maximum atomic E-state index is 13.2. The fraction of sp³-hybridized carbons (Fsp3) is 0.476. The largest absolute Gasteiger partial charge is 0.379 e. The number of rotatable bonds is 9. The molecule has 0 aliphatic carbocycles. The molecule has 9 nitrogen and oxygen atoms in total. The summed E-state index contributed by atoms with van der Waals surface area (Å²) in [5.74, 6) is 1.19. The Kier molecular flexibility index (Phi) is 7.45. The first kappa shape index (κ1) is 23.0. The van der Waals surface area contributed by atoms with Crippen LogP contribution < -0.4 is 16.2 Å². The summed E-state index contributed by atoms with van der Waals surface area (Å²) in [7, 11) is 3.69. The number of thioether (sulfide) groups is 1. The molecule has 0 saturated carbocycles. The van der Waals surface area contributed by atoms with Crippen molar-refractivity contribution in [3.05, 3.63) is 40.4 Å². The second-order valence-electron chi connectivity index (χ2n) is 7.65. The van der Waals surface area contributed by atoms with E-state index in [1.54, 1.807) is 15.5 Å². The van der Waals surface area contributed by atoms with E-state index in [1.165, 1.54) is 11.8 Å². The molecule has 2 N–H and O–H groups in total. The van der Waals surface area contributed by atoms with Gasteiger partial charge in [-0.25, -0.2) is 4.98 Å². The molecule has 1 unspecified atom stereocenters. The molecule has 0 fully saturated rings. The summed E-state index contributed by atoms with van der Waals surface area (Å²) in [4.78, 5) is 32.7. The normalized spacial score (nSPS) is 12.5. The van der Waals surface area contributed by atoms with Crippen molar-refractivity contribution in [3.8, 4) is 0 Å². The number of ether oxygens (including phenoxy) is 1. The van der Waals surface area contributed by atoms with E-state index in [1.807, 2.05) is 53.1 Å².